The maximum atomic E-state index is 12.6. The van der Waals surface area contributed by atoms with Gasteiger partial charge in [0.1, 0.15) is 0 Å². The summed E-state index contributed by atoms with van der Waals surface area (Å²) in [6, 6.07) is 0. The lowest BCUT2D eigenvalue weighted by molar-refractivity contribution is 0.0790. The summed E-state index contributed by atoms with van der Waals surface area (Å²) < 4.78 is 1.82. The van der Waals surface area contributed by atoms with E-state index in [9.17, 15) is 4.79 Å². The van der Waals surface area contributed by atoms with Gasteiger partial charge in [-0.2, -0.15) is 10.2 Å². The monoisotopic (exact) mass is 302 g/mol. The van der Waals surface area contributed by atoms with Crippen molar-refractivity contribution in [2.45, 2.75) is 38.6 Å². The molecule has 3 rings (SSSR count). The van der Waals surface area contributed by atoms with Crippen molar-refractivity contribution in [1.29, 1.82) is 0 Å². The van der Waals surface area contributed by atoms with E-state index in [0.29, 0.717) is 17.8 Å². The summed E-state index contributed by atoms with van der Waals surface area (Å²) in [6.45, 7) is 7.55. The number of likely N-dealkylation sites (tertiary alicyclic amines) is 1. The Labute approximate surface area is 129 Å². The Balaban J connectivity index is 1.72. The predicted molar refractivity (Wildman–Crippen MR) is 83.5 cm³/mol. The highest BCUT2D eigenvalue weighted by Crippen LogP contribution is 2.30. The first-order valence-electron chi connectivity index (χ1n) is 7.49. The first-order valence-corrected chi connectivity index (χ1v) is 7.49. The van der Waals surface area contributed by atoms with Crippen molar-refractivity contribution < 1.29 is 4.79 Å². The van der Waals surface area contributed by atoms with Gasteiger partial charge in [-0.25, -0.2) is 0 Å². The molecule has 0 spiro atoms. The van der Waals surface area contributed by atoms with Crippen molar-refractivity contribution in [2.75, 3.05) is 18.8 Å². The summed E-state index contributed by atoms with van der Waals surface area (Å²) >= 11 is 0. The molecule has 3 heterocycles. The van der Waals surface area contributed by atoms with E-state index in [1.807, 2.05) is 15.8 Å². The minimum Gasteiger partial charge on any atom is -0.396 e. The molecule has 0 saturated carbocycles. The van der Waals surface area contributed by atoms with E-state index < -0.39 is 0 Å². The second kappa shape index (κ2) is 5.15. The Bertz CT molecular complexity index is 680. The number of amides is 1. The van der Waals surface area contributed by atoms with Crippen LogP contribution in [0.25, 0.3) is 0 Å². The van der Waals surface area contributed by atoms with E-state index in [-0.39, 0.29) is 17.4 Å². The zero-order valence-electron chi connectivity index (χ0n) is 13.2. The lowest BCUT2D eigenvalue weighted by Crippen LogP contribution is -2.28. The van der Waals surface area contributed by atoms with Gasteiger partial charge in [0.05, 0.1) is 34.9 Å². The third-order valence-corrected chi connectivity index (χ3v) is 4.10. The quantitative estimate of drug-likeness (QED) is 0.880. The zero-order chi connectivity index (χ0) is 15.9. The van der Waals surface area contributed by atoms with E-state index in [1.54, 1.807) is 12.4 Å². The first kappa shape index (κ1) is 14.6. The Hall–Kier alpha value is -2.31. The van der Waals surface area contributed by atoms with E-state index in [0.717, 1.165) is 18.7 Å². The van der Waals surface area contributed by atoms with Crippen molar-refractivity contribution >= 4 is 11.6 Å². The van der Waals surface area contributed by atoms with Crippen LogP contribution in [0, 0.1) is 0 Å². The molecule has 118 valence electrons. The van der Waals surface area contributed by atoms with Gasteiger partial charge in [-0.15, -0.1) is 0 Å². The molecule has 1 atom stereocenters. The number of anilines is 1. The van der Waals surface area contributed by atoms with Crippen LogP contribution in [0.1, 0.15) is 49.2 Å². The molecule has 0 bridgehead atoms. The number of aromatic nitrogens is 4. The maximum absolute atomic E-state index is 12.6. The highest BCUT2D eigenvalue weighted by molar-refractivity contribution is 5.94. The van der Waals surface area contributed by atoms with Gasteiger partial charge >= 0.3 is 0 Å². The highest BCUT2D eigenvalue weighted by Gasteiger charge is 2.30. The third kappa shape index (κ3) is 2.58. The second-order valence-corrected chi connectivity index (χ2v) is 6.82. The molecule has 2 aromatic heterocycles. The normalized spacial score (nSPS) is 18.9. The lowest BCUT2D eigenvalue weighted by atomic mass is 10.0. The number of H-pyrrole nitrogens is 1. The van der Waals surface area contributed by atoms with E-state index >= 15 is 0 Å². The number of hydrogen-bond acceptors (Lipinski definition) is 4. The van der Waals surface area contributed by atoms with Crippen molar-refractivity contribution in [3.63, 3.8) is 0 Å². The molecular weight excluding hydrogens is 280 g/mol. The molecule has 2 aromatic rings. The van der Waals surface area contributed by atoms with Crippen LogP contribution in [-0.2, 0) is 5.54 Å². The number of nitrogen functional groups attached to an aromatic ring is 1. The SMILES string of the molecule is CC(C)(C)n1cc(C(=O)N2CCC(c3[nH]ncc3N)C2)cn1. The van der Waals surface area contributed by atoms with Gasteiger partial charge in [0.2, 0.25) is 0 Å². The number of carbonyl (C=O) groups is 1. The van der Waals surface area contributed by atoms with Gasteiger partial charge in [-0.1, -0.05) is 0 Å². The fraction of sp³-hybridized carbons (Fsp3) is 0.533. The first-order chi connectivity index (χ1) is 10.4. The van der Waals surface area contributed by atoms with Gasteiger partial charge in [-0.05, 0) is 27.2 Å². The average Bonchev–Trinajstić information content (AvgIpc) is 3.16. The summed E-state index contributed by atoms with van der Waals surface area (Å²) in [5.41, 5.74) is 8.00. The average molecular weight is 302 g/mol. The Kier molecular flexibility index (Phi) is 3.42. The van der Waals surface area contributed by atoms with Crippen LogP contribution in [0.2, 0.25) is 0 Å². The molecule has 1 saturated heterocycles. The number of aromatic amines is 1. The molecule has 3 N–H and O–H groups in total. The fourth-order valence-electron chi connectivity index (χ4n) is 2.80. The minimum absolute atomic E-state index is 0.0242. The van der Waals surface area contributed by atoms with Crippen molar-refractivity contribution in [3.05, 3.63) is 29.8 Å². The smallest absolute Gasteiger partial charge is 0.257 e. The van der Waals surface area contributed by atoms with Gasteiger partial charge in [0.15, 0.2) is 0 Å². The van der Waals surface area contributed by atoms with Crippen LogP contribution in [0.3, 0.4) is 0 Å². The molecule has 7 heteroatoms. The summed E-state index contributed by atoms with van der Waals surface area (Å²) in [4.78, 5) is 14.5. The number of rotatable bonds is 2. The van der Waals surface area contributed by atoms with Crippen LogP contribution in [-0.4, -0.2) is 43.9 Å². The molecule has 0 aromatic carbocycles. The fourth-order valence-corrected chi connectivity index (χ4v) is 2.80. The minimum atomic E-state index is -0.129. The number of nitrogens with one attached hydrogen (secondary N) is 1. The van der Waals surface area contributed by atoms with E-state index in [4.69, 9.17) is 5.73 Å². The van der Waals surface area contributed by atoms with Crippen molar-refractivity contribution in [2.24, 2.45) is 0 Å². The van der Waals surface area contributed by atoms with Gasteiger partial charge < -0.3 is 10.6 Å². The maximum Gasteiger partial charge on any atom is 0.257 e. The highest BCUT2D eigenvalue weighted by atomic mass is 16.2. The van der Waals surface area contributed by atoms with E-state index in [2.05, 4.69) is 36.1 Å². The van der Waals surface area contributed by atoms with Gasteiger partial charge in [0, 0.05) is 25.2 Å². The van der Waals surface area contributed by atoms with Crippen LogP contribution < -0.4 is 5.73 Å². The number of hydrogen-bond donors (Lipinski definition) is 2. The molecule has 0 aliphatic carbocycles. The van der Waals surface area contributed by atoms with Crippen LogP contribution in [0.4, 0.5) is 5.69 Å². The van der Waals surface area contributed by atoms with Crippen molar-refractivity contribution in [1.82, 2.24) is 24.9 Å². The predicted octanol–water partition coefficient (Wildman–Crippen LogP) is 1.57. The van der Waals surface area contributed by atoms with Crippen LogP contribution >= 0.6 is 0 Å². The zero-order valence-corrected chi connectivity index (χ0v) is 13.2. The number of nitrogens with zero attached hydrogens (tertiary/aromatic N) is 4. The molecular formula is C15H22N6O. The Morgan fingerprint density at radius 1 is 1.41 bits per heavy atom. The molecule has 1 aliphatic heterocycles. The molecule has 1 amide bonds. The Morgan fingerprint density at radius 3 is 2.77 bits per heavy atom. The van der Waals surface area contributed by atoms with Crippen molar-refractivity contribution in [3.8, 4) is 0 Å². The topological polar surface area (TPSA) is 92.8 Å². The largest absolute Gasteiger partial charge is 0.396 e. The van der Waals surface area contributed by atoms with Crippen LogP contribution in [0.5, 0.6) is 0 Å². The standard InChI is InChI=1S/C15H22N6O/c1-15(2,3)21-9-11(6-18-21)14(22)20-5-4-10(8-20)13-12(16)7-17-19-13/h6-7,9-10H,4-5,8,16H2,1-3H3,(H,17,19). The van der Waals surface area contributed by atoms with Gasteiger partial charge in [-0.3, -0.25) is 14.6 Å². The Morgan fingerprint density at radius 2 is 2.18 bits per heavy atom. The molecule has 7 nitrogen and oxygen atoms in total. The molecule has 1 aliphatic rings. The molecule has 0 radical (unpaired) electrons. The lowest BCUT2D eigenvalue weighted by Gasteiger charge is -2.19. The molecule has 1 unspecified atom stereocenters. The summed E-state index contributed by atoms with van der Waals surface area (Å²) in [7, 11) is 0. The third-order valence-electron chi connectivity index (χ3n) is 4.10. The molecule has 1 fully saturated rings. The second-order valence-electron chi connectivity index (χ2n) is 6.82. The summed E-state index contributed by atoms with van der Waals surface area (Å²) in [5.74, 6) is 0.250. The van der Waals surface area contributed by atoms with Crippen LogP contribution in [0.15, 0.2) is 18.6 Å². The summed E-state index contributed by atoms with van der Waals surface area (Å²) in [5, 5.41) is 11.2. The summed E-state index contributed by atoms with van der Waals surface area (Å²) in [6.07, 6.45) is 5.98. The molecule has 22 heavy (non-hydrogen) atoms. The number of carbonyl (C=O) groups excluding carboxylic acids is 1. The van der Waals surface area contributed by atoms with E-state index in [1.165, 1.54) is 0 Å². The van der Waals surface area contributed by atoms with Gasteiger partial charge in [0.25, 0.3) is 5.91 Å². The number of nitrogens with two attached hydrogens (primary N) is 1.